The van der Waals surface area contributed by atoms with Crippen molar-refractivity contribution in [3.8, 4) is 0 Å². The monoisotopic (exact) mass is 294 g/mol. The fourth-order valence-corrected chi connectivity index (χ4v) is 2.50. The first-order valence-corrected chi connectivity index (χ1v) is 6.81. The Morgan fingerprint density at radius 3 is 1.91 bits per heavy atom. The maximum absolute atomic E-state index is 12.5. The van der Waals surface area contributed by atoms with Crippen LogP contribution >= 0.6 is 0 Å². The Balaban J connectivity index is 2.13. The average molecular weight is 294 g/mol. The minimum absolute atomic E-state index is 0.257. The van der Waals surface area contributed by atoms with Gasteiger partial charge in [0.2, 0.25) is 0 Å². The second kappa shape index (κ2) is 5.11. The highest BCUT2D eigenvalue weighted by molar-refractivity contribution is 6.35. The van der Waals surface area contributed by atoms with Gasteiger partial charge in [-0.3, -0.25) is 14.4 Å². The highest BCUT2D eigenvalue weighted by Crippen LogP contribution is 2.30. The van der Waals surface area contributed by atoms with E-state index in [1.54, 1.807) is 62.6 Å². The van der Waals surface area contributed by atoms with Crippen LogP contribution in [0.2, 0.25) is 0 Å². The van der Waals surface area contributed by atoms with E-state index in [1.807, 2.05) is 0 Å². The number of rotatable bonds is 2. The molecule has 1 heterocycles. The molecule has 0 spiro atoms. The molecule has 0 aromatic heterocycles. The first kappa shape index (κ1) is 14.0. The number of benzene rings is 2. The van der Waals surface area contributed by atoms with Crippen LogP contribution in [0, 0.1) is 0 Å². The van der Waals surface area contributed by atoms with Gasteiger partial charge in [0.1, 0.15) is 0 Å². The summed E-state index contributed by atoms with van der Waals surface area (Å²) in [5.74, 6) is -1.06. The molecule has 2 aromatic carbocycles. The molecule has 0 radical (unpaired) electrons. The fourth-order valence-electron chi connectivity index (χ4n) is 2.50. The van der Waals surface area contributed by atoms with Crippen molar-refractivity contribution in [3.63, 3.8) is 0 Å². The van der Waals surface area contributed by atoms with E-state index in [0.717, 1.165) is 4.90 Å². The van der Waals surface area contributed by atoms with E-state index in [9.17, 15) is 14.4 Å². The number of carbonyl (C=O) groups excluding carboxylic acids is 3. The van der Waals surface area contributed by atoms with Crippen LogP contribution in [-0.4, -0.2) is 36.7 Å². The fraction of sp³-hybridized carbons (Fsp3) is 0.118. The van der Waals surface area contributed by atoms with Crippen molar-refractivity contribution in [1.82, 2.24) is 4.90 Å². The lowest BCUT2D eigenvalue weighted by molar-refractivity contribution is 0.0828. The van der Waals surface area contributed by atoms with Crippen molar-refractivity contribution in [2.45, 2.75) is 0 Å². The molecule has 0 aliphatic carbocycles. The lowest BCUT2D eigenvalue weighted by Gasteiger charge is -2.19. The van der Waals surface area contributed by atoms with E-state index < -0.39 is 11.8 Å². The van der Waals surface area contributed by atoms with Gasteiger partial charge in [0, 0.05) is 14.1 Å². The summed E-state index contributed by atoms with van der Waals surface area (Å²) in [4.78, 5) is 39.8. The molecule has 0 saturated heterocycles. The molecule has 0 bridgehead atoms. The molecule has 0 unspecified atom stereocenters. The third-order valence-electron chi connectivity index (χ3n) is 3.58. The minimum Gasteiger partial charge on any atom is -0.345 e. The first-order chi connectivity index (χ1) is 10.5. The molecule has 5 heteroatoms. The van der Waals surface area contributed by atoms with E-state index in [1.165, 1.54) is 4.90 Å². The van der Waals surface area contributed by atoms with Gasteiger partial charge in [-0.2, -0.15) is 0 Å². The van der Waals surface area contributed by atoms with Gasteiger partial charge in [0.25, 0.3) is 17.7 Å². The zero-order chi connectivity index (χ0) is 15.9. The SMILES string of the molecule is CN(C)C(=O)c1ccccc1N1C(=O)c2ccccc2C1=O. The van der Waals surface area contributed by atoms with Crippen molar-refractivity contribution >= 4 is 23.4 Å². The Morgan fingerprint density at radius 2 is 1.36 bits per heavy atom. The standard InChI is InChI=1S/C17H14N2O3/c1-18(2)15(20)13-9-5-6-10-14(13)19-16(21)11-7-3-4-8-12(11)17(19)22/h3-10H,1-2H3. The molecule has 2 aromatic rings. The number of anilines is 1. The van der Waals surface area contributed by atoms with Gasteiger partial charge in [-0.25, -0.2) is 4.90 Å². The number of carbonyl (C=O) groups is 3. The molecular weight excluding hydrogens is 280 g/mol. The van der Waals surface area contributed by atoms with E-state index in [0.29, 0.717) is 22.4 Å². The summed E-state index contributed by atoms with van der Waals surface area (Å²) in [5, 5.41) is 0. The van der Waals surface area contributed by atoms with Crippen LogP contribution in [0.4, 0.5) is 5.69 Å². The summed E-state index contributed by atoms with van der Waals surface area (Å²) < 4.78 is 0. The van der Waals surface area contributed by atoms with Crippen LogP contribution < -0.4 is 4.90 Å². The highest BCUT2D eigenvalue weighted by atomic mass is 16.2. The molecule has 3 amide bonds. The number of nitrogens with zero attached hydrogens (tertiary/aromatic N) is 2. The van der Waals surface area contributed by atoms with Crippen molar-refractivity contribution in [1.29, 1.82) is 0 Å². The molecule has 110 valence electrons. The molecule has 0 atom stereocenters. The largest absolute Gasteiger partial charge is 0.345 e. The van der Waals surface area contributed by atoms with Gasteiger partial charge in [-0.05, 0) is 24.3 Å². The molecule has 0 fully saturated rings. The normalized spacial score (nSPS) is 13.3. The lowest BCUT2D eigenvalue weighted by Crippen LogP contribution is -2.32. The second-order valence-corrected chi connectivity index (χ2v) is 5.21. The summed E-state index contributed by atoms with van der Waals surface area (Å²) in [6, 6.07) is 13.3. The number of para-hydroxylation sites is 1. The van der Waals surface area contributed by atoms with Gasteiger partial charge in [0.15, 0.2) is 0 Å². The number of fused-ring (bicyclic) bond motifs is 1. The first-order valence-electron chi connectivity index (χ1n) is 6.81. The minimum atomic E-state index is -0.403. The molecule has 1 aliphatic rings. The van der Waals surface area contributed by atoms with Crippen LogP contribution in [0.5, 0.6) is 0 Å². The van der Waals surface area contributed by atoms with Crippen LogP contribution in [0.15, 0.2) is 48.5 Å². The average Bonchev–Trinajstić information content (AvgIpc) is 2.78. The molecule has 22 heavy (non-hydrogen) atoms. The molecule has 5 nitrogen and oxygen atoms in total. The van der Waals surface area contributed by atoms with Gasteiger partial charge in [-0.1, -0.05) is 24.3 Å². The number of amides is 3. The lowest BCUT2D eigenvalue weighted by atomic mass is 10.1. The van der Waals surface area contributed by atoms with Crippen LogP contribution in [0.3, 0.4) is 0 Å². The summed E-state index contributed by atoms with van der Waals surface area (Å²) >= 11 is 0. The van der Waals surface area contributed by atoms with E-state index in [4.69, 9.17) is 0 Å². The predicted octanol–water partition coefficient (Wildman–Crippen LogP) is 2.19. The molecular formula is C17H14N2O3. The molecule has 3 rings (SSSR count). The maximum Gasteiger partial charge on any atom is 0.266 e. The van der Waals surface area contributed by atoms with Crippen molar-refractivity contribution in [2.75, 3.05) is 19.0 Å². The van der Waals surface area contributed by atoms with E-state index in [-0.39, 0.29) is 5.91 Å². The van der Waals surface area contributed by atoms with Crippen LogP contribution in [0.25, 0.3) is 0 Å². The van der Waals surface area contributed by atoms with Crippen molar-refractivity contribution in [3.05, 3.63) is 65.2 Å². The Bertz CT molecular complexity index is 761. The number of imide groups is 1. The van der Waals surface area contributed by atoms with Crippen LogP contribution in [0.1, 0.15) is 31.1 Å². The molecule has 1 aliphatic heterocycles. The summed E-state index contributed by atoms with van der Waals surface area (Å²) in [6.45, 7) is 0. The highest BCUT2D eigenvalue weighted by Gasteiger charge is 2.38. The second-order valence-electron chi connectivity index (χ2n) is 5.21. The number of hydrogen-bond donors (Lipinski definition) is 0. The molecule has 0 N–H and O–H groups in total. The Hall–Kier alpha value is -2.95. The van der Waals surface area contributed by atoms with E-state index >= 15 is 0 Å². The quantitative estimate of drug-likeness (QED) is 0.798. The maximum atomic E-state index is 12.5. The van der Waals surface area contributed by atoms with Gasteiger partial charge >= 0.3 is 0 Å². The summed E-state index contributed by atoms with van der Waals surface area (Å²) in [6.07, 6.45) is 0. The van der Waals surface area contributed by atoms with Gasteiger partial charge in [0.05, 0.1) is 22.4 Å². The van der Waals surface area contributed by atoms with E-state index in [2.05, 4.69) is 0 Å². The zero-order valence-electron chi connectivity index (χ0n) is 12.2. The predicted molar refractivity (Wildman–Crippen MR) is 82.0 cm³/mol. The number of hydrogen-bond acceptors (Lipinski definition) is 3. The third-order valence-corrected chi connectivity index (χ3v) is 3.58. The van der Waals surface area contributed by atoms with Gasteiger partial charge in [-0.15, -0.1) is 0 Å². The topological polar surface area (TPSA) is 57.7 Å². The third kappa shape index (κ3) is 1.98. The van der Waals surface area contributed by atoms with Crippen molar-refractivity contribution in [2.24, 2.45) is 0 Å². The Kier molecular flexibility index (Phi) is 3.25. The summed E-state index contributed by atoms with van der Waals surface area (Å²) in [5.41, 5.74) is 1.36. The Morgan fingerprint density at radius 1 is 0.864 bits per heavy atom. The Labute approximate surface area is 127 Å². The van der Waals surface area contributed by atoms with Gasteiger partial charge < -0.3 is 4.90 Å². The summed E-state index contributed by atoms with van der Waals surface area (Å²) in [7, 11) is 3.25. The van der Waals surface area contributed by atoms with Crippen LogP contribution in [-0.2, 0) is 0 Å². The molecule has 0 saturated carbocycles. The zero-order valence-corrected chi connectivity index (χ0v) is 12.2. The van der Waals surface area contributed by atoms with Crippen molar-refractivity contribution < 1.29 is 14.4 Å². The smallest absolute Gasteiger partial charge is 0.266 e.